The summed E-state index contributed by atoms with van der Waals surface area (Å²) in [5, 5.41) is 6.97. The largest absolute Gasteiger partial charge is 0.487 e. The highest BCUT2D eigenvalue weighted by Crippen LogP contribution is 2.39. The van der Waals surface area contributed by atoms with Gasteiger partial charge in [-0.3, -0.25) is 0 Å². The topological polar surface area (TPSA) is 33.3 Å². The van der Waals surface area contributed by atoms with Gasteiger partial charge in [0.15, 0.2) is 5.11 Å². The van der Waals surface area contributed by atoms with Crippen LogP contribution >= 0.6 is 12.2 Å². The van der Waals surface area contributed by atoms with Gasteiger partial charge in [0, 0.05) is 17.7 Å². The van der Waals surface area contributed by atoms with Crippen molar-refractivity contribution in [3.8, 4) is 5.75 Å². The number of benzene rings is 2. The number of fused-ring (bicyclic) bond motifs is 1. The molecule has 5 heteroatoms. The number of ether oxygens (including phenoxy) is 1. The van der Waals surface area contributed by atoms with Crippen LogP contribution < -0.4 is 15.4 Å². The van der Waals surface area contributed by atoms with E-state index in [1.54, 1.807) is 12.1 Å². The number of aryl methyl sites for hydroxylation is 1. The number of nitrogens with one attached hydrogen (secondary N) is 2. The minimum atomic E-state index is -0.274. The highest BCUT2D eigenvalue weighted by atomic mass is 32.1. The van der Waals surface area contributed by atoms with Crippen LogP contribution in [0.1, 0.15) is 37.4 Å². The predicted molar refractivity (Wildman–Crippen MR) is 99.0 cm³/mol. The van der Waals surface area contributed by atoms with E-state index in [0.717, 1.165) is 29.0 Å². The highest BCUT2D eigenvalue weighted by Gasteiger charge is 2.34. The molecule has 1 aliphatic heterocycles. The van der Waals surface area contributed by atoms with Crippen LogP contribution in [0.2, 0.25) is 0 Å². The maximum atomic E-state index is 13.0. The van der Waals surface area contributed by atoms with Crippen LogP contribution in [0.5, 0.6) is 5.75 Å². The van der Waals surface area contributed by atoms with E-state index in [2.05, 4.69) is 49.6 Å². The van der Waals surface area contributed by atoms with Crippen LogP contribution in [0.25, 0.3) is 0 Å². The molecule has 3 nitrogen and oxygen atoms in total. The first kappa shape index (κ1) is 16.7. The lowest BCUT2D eigenvalue weighted by Gasteiger charge is -2.38. The predicted octanol–water partition coefficient (Wildman–Crippen LogP) is 4.72. The SMILES string of the molecule is Cc1ccc2c(c1)OC(C)(C)C[C@@H]2NC(=S)Nc1ccc(F)cc1. The maximum absolute atomic E-state index is 13.0. The van der Waals surface area contributed by atoms with Gasteiger partial charge >= 0.3 is 0 Å². The van der Waals surface area contributed by atoms with Crippen molar-refractivity contribution in [2.24, 2.45) is 0 Å². The zero-order valence-corrected chi connectivity index (χ0v) is 14.8. The van der Waals surface area contributed by atoms with Crippen molar-refractivity contribution < 1.29 is 9.13 Å². The lowest BCUT2D eigenvalue weighted by atomic mass is 9.89. The molecule has 0 saturated carbocycles. The summed E-state index contributed by atoms with van der Waals surface area (Å²) in [5.74, 6) is 0.628. The Morgan fingerprint density at radius 1 is 1.21 bits per heavy atom. The molecule has 126 valence electrons. The summed E-state index contributed by atoms with van der Waals surface area (Å²) in [7, 11) is 0. The number of hydrogen-bond acceptors (Lipinski definition) is 2. The molecule has 1 atom stereocenters. The van der Waals surface area contributed by atoms with Crippen LogP contribution in [-0.4, -0.2) is 10.7 Å². The molecule has 1 heterocycles. The third-order valence-corrected chi connectivity index (χ3v) is 4.25. The molecular formula is C19H21FN2OS. The van der Waals surface area contributed by atoms with Crippen molar-refractivity contribution in [1.82, 2.24) is 5.32 Å². The number of thiocarbonyl (C=S) groups is 1. The van der Waals surface area contributed by atoms with Gasteiger partial charge in [0.05, 0.1) is 6.04 Å². The molecule has 3 rings (SSSR count). The van der Waals surface area contributed by atoms with Gasteiger partial charge in [0.25, 0.3) is 0 Å². The second-order valence-electron chi connectivity index (χ2n) is 6.77. The van der Waals surface area contributed by atoms with Crippen LogP contribution in [0.15, 0.2) is 42.5 Å². The van der Waals surface area contributed by atoms with E-state index in [-0.39, 0.29) is 17.5 Å². The van der Waals surface area contributed by atoms with Gasteiger partial charge in [-0.05, 0) is 68.9 Å². The van der Waals surface area contributed by atoms with E-state index in [1.807, 2.05) is 0 Å². The molecule has 0 saturated heterocycles. The molecule has 0 radical (unpaired) electrons. The van der Waals surface area contributed by atoms with Crippen molar-refractivity contribution in [1.29, 1.82) is 0 Å². The van der Waals surface area contributed by atoms with E-state index in [0.29, 0.717) is 5.11 Å². The number of rotatable bonds is 2. The zero-order chi connectivity index (χ0) is 17.3. The zero-order valence-electron chi connectivity index (χ0n) is 14.0. The highest BCUT2D eigenvalue weighted by molar-refractivity contribution is 7.80. The lowest BCUT2D eigenvalue weighted by Crippen LogP contribution is -2.42. The Kier molecular flexibility index (Phi) is 4.45. The normalized spacial score (nSPS) is 18.2. The standard InChI is InChI=1S/C19H21FN2OS/c1-12-4-9-15-16(11-19(2,3)23-17(15)10-12)22-18(24)21-14-7-5-13(20)6-8-14/h4-10,16H,11H2,1-3H3,(H2,21,22,24)/t16-/m0/s1. The van der Waals surface area contributed by atoms with Crippen LogP contribution in [0.4, 0.5) is 10.1 Å². The summed E-state index contributed by atoms with van der Waals surface area (Å²) >= 11 is 5.42. The summed E-state index contributed by atoms with van der Waals surface area (Å²) in [5.41, 5.74) is 2.74. The van der Waals surface area contributed by atoms with Crippen molar-refractivity contribution in [3.63, 3.8) is 0 Å². The van der Waals surface area contributed by atoms with Gasteiger partial charge in [0.1, 0.15) is 17.2 Å². The Morgan fingerprint density at radius 2 is 1.92 bits per heavy atom. The molecule has 1 aliphatic rings. The van der Waals surface area contributed by atoms with Crippen LogP contribution in [0, 0.1) is 12.7 Å². The monoisotopic (exact) mass is 344 g/mol. The quantitative estimate of drug-likeness (QED) is 0.772. The second-order valence-corrected chi connectivity index (χ2v) is 7.17. The minimum Gasteiger partial charge on any atom is -0.487 e. The van der Waals surface area contributed by atoms with E-state index >= 15 is 0 Å². The minimum absolute atomic E-state index is 0.0600. The third-order valence-electron chi connectivity index (χ3n) is 4.03. The fourth-order valence-electron chi connectivity index (χ4n) is 2.95. The Hall–Kier alpha value is -2.14. The van der Waals surface area contributed by atoms with E-state index in [4.69, 9.17) is 17.0 Å². The maximum Gasteiger partial charge on any atom is 0.171 e. The van der Waals surface area contributed by atoms with Gasteiger partial charge in [0.2, 0.25) is 0 Å². The van der Waals surface area contributed by atoms with Crippen molar-refractivity contribution in [3.05, 3.63) is 59.4 Å². The molecular weight excluding hydrogens is 323 g/mol. The smallest absolute Gasteiger partial charge is 0.171 e. The summed E-state index contributed by atoms with van der Waals surface area (Å²) in [6.07, 6.45) is 0.800. The molecule has 0 bridgehead atoms. The second kappa shape index (κ2) is 6.40. The average Bonchev–Trinajstić information content (AvgIpc) is 2.48. The molecule has 0 unspecified atom stereocenters. The van der Waals surface area contributed by atoms with Gasteiger partial charge in [-0.1, -0.05) is 12.1 Å². The molecule has 2 N–H and O–H groups in total. The third kappa shape index (κ3) is 3.85. The Bertz CT molecular complexity index is 758. The Labute approximate surface area is 147 Å². The van der Waals surface area contributed by atoms with Gasteiger partial charge < -0.3 is 15.4 Å². The first-order chi connectivity index (χ1) is 11.3. The van der Waals surface area contributed by atoms with Crippen molar-refractivity contribution >= 4 is 23.0 Å². The molecule has 2 aromatic carbocycles. The van der Waals surface area contributed by atoms with E-state index < -0.39 is 0 Å². The first-order valence-electron chi connectivity index (χ1n) is 7.95. The molecule has 2 aromatic rings. The van der Waals surface area contributed by atoms with Crippen molar-refractivity contribution in [2.75, 3.05) is 5.32 Å². The number of hydrogen-bond donors (Lipinski definition) is 2. The van der Waals surface area contributed by atoms with Crippen LogP contribution in [-0.2, 0) is 0 Å². The molecule has 24 heavy (non-hydrogen) atoms. The van der Waals surface area contributed by atoms with Gasteiger partial charge in [-0.2, -0.15) is 0 Å². The van der Waals surface area contributed by atoms with Crippen molar-refractivity contribution in [2.45, 2.75) is 38.8 Å². The van der Waals surface area contributed by atoms with E-state index in [9.17, 15) is 4.39 Å². The van der Waals surface area contributed by atoms with E-state index in [1.165, 1.54) is 12.1 Å². The average molecular weight is 344 g/mol. The number of anilines is 1. The fraction of sp³-hybridized carbons (Fsp3) is 0.316. The lowest BCUT2D eigenvalue weighted by molar-refractivity contribution is 0.0696. The summed E-state index contributed by atoms with van der Waals surface area (Å²) in [6.45, 7) is 6.20. The Morgan fingerprint density at radius 3 is 2.62 bits per heavy atom. The summed E-state index contributed by atoms with van der Waals surface area (Å²) in [6, 6.07) is 12.4. The van der Waals surface area contributed by atoms with Crippen LogP contribution in [0.3, 0.4) is 0 Å². The first-order valence-corrected chi connectivity index (χ1v) is 8.36. The molecule has 0 aliphatic carbocycles. The molecule has 0 spiro atoms. The molecule has 0 amide bonds. The van der Waals surface area contributed by atoms with Gasteiger partial charge in [-0.15, -0.1) is 0 Å². The Balaban J connectivity index is 1.76. The fourth-order valence-corrected chi connectivity index (χ4v) is 3.21. The molecule has 0 aromatic heterocycles. The number of halogens is 1. The summed E-state index contributed by atoms with van der Waals surface area (Å²) < 4.78 is 19.1. The molecule has 0 fully saturated rings. The summed E-state index contributed by atoms with van der Waals surface area (Å²) in [4.78, 5) is 0. The van der Waals surface area contributed by atoms with Gasteiger partial charge in [-0.25, -0.2) is 4.39 Å².